The van der Waals surface area contributed by atoms with Crippen LogP contribution in [0.1, 0.15) is 45.3 Å². The minimum Gasteiger partial charge on any atom is -0.308 e. The van der Waals surface area contributed by atoms with Crippen LogP contribution in [-0.4, -0.2) is 27.3 Å². The molecule has 1 N–H and O–H groups in total. The Bertz CT molecular complexity index is 311. The molecule has 0 aliphatic rings. The molecule has 1 aromatic heterocycles. The Hall–Kier alpha value is -0.480. The maximum atomic E-state index is 4.26. The molecule has 0 spiro atoms. The minimum absolute atomic E-state index is 0.418. The van der Waals surface area contributed by atoms with Gasteiger partial charge in [-0.3, -0.25) is 4.68 Å². The van der Waals surface area contributed by atoms with E-state index in [2.05, 4.69) is 37.3 Å². The van der Waals surface area contributed by atoms with E-state index in [4.69, 9.17) is 0 Å². The molecule has 2 atom stereocenters. The van der Waals surface area contributed by atoms with Crippen LogP contribution in [0.2, 0.25) is 0 Å². The minimum atomic E-state index is 0.418. The Morgan fingerprint density at radius 3 is 2.76 bits per heavy atom. The van der Waals surface area contributed by atoms with Crippen molar-refractivity contribution >= 4 is 11.8 Å². The first-order valence-corrected chi connectivity index (χ1v) is 7.56. The summed E-state index contributed by atoms with van der Waals surface area (Å²) in [6, 6.07) is 2.53. The molecule has 1 rings (SSSR count). The monoisotopic (exact) mass is 255 g/mol. The highest BCUT2D eigenvalue weighted by atomic mass is 32.2. The fourth-order valence-electron chi connectivity index (χ4n) is 1.67. The van der Waals surface area contributed by atoms with E-state index < -0.39 is 0 Å². The molecular weight excluding hydrogens is 230 g/mol. The summed E-state index contributed by atoms with van der Waals surface area (Å²) in [6.07, 6.45) is 4.28. The predicted octanol–water partition coefficient (Wildman–Crippen LogP) is 2.99. The molecule has 0 saturated heterocycles. The lowest BCUT2D eigenvalue weighted by atomic mass is 10.2. The second-order valence-electron chi connectivity index (χ2n) is 4.44. The van der Waals surface area contributed by atoms with E-state index in [0.29, 0.717) is 6.04 Å². The first kappa shape index (κ1) is 14.6. The molecule has 2 unspecified atom stereocenters. The van der Waals surface area contributed by atoms with E-state index in [9.17, 15) is 0 Å². The number of hydrogen-bond donors (Lipinski definition) is 1. The predicted molar refractivity (Wildman–Crippen MR) is 76.5 cm³/mol. The third kappa shape index (κ3) is 4.72. The van der Waals surface area contributed by atoms with Gasteiger partial charge in [0.25, 0.3) is 0 Å². The van der Waals surface area contributed by atoms with E-state index in [1.165, 1.54) is 18.5 Å². The first-order chi connectivity index (χ1) is 8.19. The van der Waals surface area contributed by atoms with E-state index in [-0.39, 0.29) is 0 Å². The molecule has 0 bridgehead atoms. The summed E-state index contributed by atoms with van der Waals surface area (Å²) in [5.41, 5.74) is 1.29. The van der Waals surface area contributed by atoms with Gasteiger partial charge in [-0.1, -0.05) is 20.8 Å². The Morgan fingerprint density at radius 2 is 2.24 bits per heavy atom. The van der Waals surface area contributed by atoms with Crippen molar-refractivity contribution in [2.45, 2.75) is 44.9 Å². The van der Waals surface area contributed by atoms with Gasteiger partial charge in [-0.2, -0.15) is 16.9 Å². The standard InChI is InChI=1S/C13H25N3S/c1-5-8-14-12(10-17-11(3)6-2)13-7-9-15-16(13)4/h7,9,11-12,14H,5-6,8,10H2,1-4H3. The highest BCUT2D eigenvalue weighted by Crippen LogP contribution is 2.22. The quantitative estimate of drug-likeness (QED) is 0.774. The Labute approximate surface area is 109 Å². The summed E-state index contributed by atoms with van der Waals surface area (Å²) in [6.45, 7) is 7.81. The molecule has 1 heterocycles. The molecule has 4 heteroatoms. The third-order valence-electron chi connectivity index (χ3n) is 2.98. The lowest BCUT2D eigenvalue weighted by Crippen LogP contribution is -2.26. The molecule has 0 aliphatic carbocycles. The van der Waals surface area contributed by atoms with Gasteiger partial charge in [0.15, 0.2) is 0 Å². The van der Waals surface area contributed by atoms with Crippen LogP contribution in [0.5, 0.6) is 0 Å². The van der Waals surface area contributed by atoms with Crippen molar-refractivity contribution in [3.8, 4) is 0 Å². The zero-order chi connectivity index (χ0) is 12.7. The Kier molecular flexibility index (Phi) is 6.66. The van der Waals surface area contributed by atoms with Crippen molar-refractivity contribution in [3.05, 3.63) is 18.0 Å². The molecule has 0 radical (unpaired) electrons. The van der Waals surface area contributed by atoms with Gasteiger partial charge in [-0.15, -0.1) is 0 Å². The number of aromatic nitrogens is 2. The number of hydrogen-bond acceptors (Lipinski definition) is 3. The van der Waals surface area contributed by atoms with E-state index >= 15 is 0 Å². The largest absolute Gasteiger partial charge is 0.308 e. The summed E-state index contributed by atoms with van der Waals surface area (Å²) in [4.78, 5) is 0. The summed E-state index contributed by atoms with van der Waals surface area (Å²) < 4.78 is 1.98. The van der Waals surface area contributed by atoms with Crippen LogP contribution in [0.15, 0.2) is 12.3 Å². The van der Waals surface area contributed by atoms with E-state index in [0.717, 1.165) is 17.5 Å². The molecule has 98 valence electrons. The van der Waals surface area contributed by atoms with Crippen LogP contribution in [0.3, 0.4) is 0 Å². The van der Waals surface area contributed by atoms with Gasteiger partial charge >= 0.3 is 0 Å². The summed E-state index contributed by atoms with van der Waals surface area (Å²) in [5, 5.41) is 8.60. The highest BCUT2D eigenvalue weighted by molar-refractivity contribution is 7.99. The van der Waals surface area contributed by atoms with Crippen LogP contribution in [0, 0.1) is 0 Å². The maximum Gasteiger partial charge on any atom is 0.0583 e. The molecule has 0 saturated carbocycles. The van der Waals surface area contributed by atoms with Crippen LogP contribution in [0.4, 0.5) is 0 Å². The van der Waals surface area contributed by atoms with Crippen molar-refractivity contribution < 1.29 is 0 Å². The van der Waals surface area contributed by atoms with Crippen molar-refractivity contribution in [1.29, 1.82) is 0 Å². The Morgan fingerprint density at radius 1 is 1.47 bits per heavy atom. The lowest BCUT2D eigenvalue weighted by molar-refractivity contribution is 0.534. The summed E-state index contributed by atoms with van der Waals surface area (Å²) in [7, 11) is 2.02. The normalized spacial score (nSPS) is 14.8. The zero-order valence-corrected chi connectivity index (χ0v) is 12.3. The van der Waals surface area contributed by atoms with Gasteiger partial charge in [0.1, 0.15) is 0 Å². The topological polar surface area (TPSA) is 29.9 Å². The van der Waals surface area contributed by atoms with Gasteiger partial charge in [0, 0.05) is 24.2 Å². The molecule has 0 amide bonds. The number of aryl methyl sites for hydroxylation is 1. The number of thioether (sulfide) groups is 1. The van der Waals surface area contributed by atoms with Crippen LogP contribution >= 0.6 is 11.8 Å². The molecule has 3 nitrogen and oxygen atoms in total. The average molecular weight is 255 g/mol. The highest BCUT2D eigenvalue weighted by Gasteiger charge is 2.15. The van der Waals surface area contributed by atoms with Gasteiger partial charge in [-0.05, 0) is 25.5 Å². The third-order valence-corrected chi connectivity index (χ3v) is 4.41. The van der Waals surface area contributed by atoms with Crippen molar-refractivity contribution in [1.82, 2.24) is 15.1 Å². The number of nitrogens with zero attached hydrogens (tertiary/aromatic N) is 2. The second-order valence-corrected chi connectivity index (χ2v) is 5.91. The number of nitrogens with one attached hydrogen (secondary N) is 1. The molecule has 1 aromatic rings. The summed E-state index contributed by atoms with van der Waals surface area (Å²) in [5.74, 6) is 1.12. The molecule has 0 fully saturated rings. The Balaban J connectivity index is 2.57. The van der Waals surface area contributed by atoms with Gasteiger partial charge < -0.3 is 5.32 Å². The molecular formula is C13H25N3S. The van der Waals surface area contributed by atoms with E-state index in [1.807, 2.05) is 29.7 Å². The number of rotatable bonds is 8. The van der Waals surface area contributed by atoms with Crippen LogP contribution < -0.4 is 5.32 Å². The van der Waals surface area contributed by atoms with Gasteiger partial charge in [0.2, 0.25) is 0 Å². The van der Waals surface area contributed by atoms with Crippen LogP contribution in [-0.2, 0) is 7.05 Å². The van der Waals surface area contributed by atoms with Crippen molar-refractivity contribution in [3.63, 3.8) is 0 Å². The fourth-order valence-corrected chi connectivity index (χ4v) is 2.72. The SMILES string of the molecule is CCCNC(CSC(C)CC)c1ccnn1C. The second kappa shape index (κ2) is 7.77. The van der Waals surface area contributed by atoms with Crippen LogP contribution in [0.25, 0.3) is 0 Å². The van der Waals surface area contributed by atoms with Gasteiger partial charge in [0.05, 0.1) is 11.7 Å². The van der Waals surface area contributed by atoms with Gasteiger partial charge in [-0.25, -0.2) is 0 Å². The first-order valence-electron chi connectivity index (χ1n) is 6.51. The van der Waals surface area contributed by atoms with E-state index in [1.54, 1.807) is 0 Å². The smallest absolute Gasteiger partial charge is 0.0583 e. The molecule has 0 aromatic carbocycles. The molecule has 0 aliphatic heterocycles. The zero-order valence-electron chi connectivity index (χ0n) is 11.4. The average Bonchev–Trinajstić information content (AvgIpc) is 2.75. The lowest BCUT2D eigenvalue weighted by Gasteiger charge is -2.20. The summed E-state index contributed by atoms with van der Waals surface area (Å²) >= 11 is 2.04. The fraction of sp³-hybridized carbons (Fsp3) is 0.769. The molecule has 17 heavy (non-hydrogen) atoms. The maximum absolute atomic E-state index is 4.26. The van der Waals surface area contributed by atoms with Crippen molar-refractivity contribution in [2.75, 3.05) is 12.3 Å². The van der Waals surface area contributed by atoms with Crippen molar-refractivity contribution in [2.24, 2.45) is 7.05 Å².